The number of benzene rings is 1. The fourth-order valence-corrected chi connectivity index (χ4v) is 3.77. The van der Waals surface area contributed by atoms with Crippen LogP contribution in [-0.4, -0.2) is 55.9 Å². The van der Waals surface area contributed by atoms with Crippen molar-refractivity contribution in [3.05, 3.63) is 23.8 Å². The van der Waals surface area contributed by atoms with E-state index in [1.165, 1.54) is 0 Å². The topological polar surface area (TPSA) is 61.9 Å². The Bertz CT molecular complexity index is 725. The predicted octanol–water partition coefficient (Wildman–Crippen LogP) is 4.26. The molecule has 1 heterocycles. The van der Waals surface area contributed by atoms with E-state index in [1.54, 1.807) is 0 Å². The van der Waals surface area contributed by atoms with Crippen molar-refractivity contribution in [2.75, 3.05) is 43.3 Å². The minimum absolute atomic E-state index is 0.0864. The number of hydrogen-bond donors (Lipinski definition) is 1. The lowest BCUT2D eigenvalue weighted by Gasteiger charge is -2.30. The minimum Gasteiger partial charge on any atom is -0.377 e. The number of hydrogen-bond acceptors (Lipinski definition) is 4. The van der Waals surface area contributed by atoms with Crippen molar-refractivity contribution in [3.63, 3.8) is 0 Å². The van der Waals surface area contributed by atoms with E-state index < -0.39 is 0 Å². The smallest absolute Gasteiger partial charge is 0.225 e. The van der Waals surface area contributed by atoms with Crippen molar-refractivity contribution in [1.29, 1.82) is 0 Å². The van der Waals surface area contributed by atoms with Gasteiger partial charge >= 0.3 is 0 Å². The van der Waals surface area contributed by atoms with E-state index in [4.69, 9.17) is 16.3 Å². The molecule has 0 bridgehead atoms. The molecule has 1 aromatic rings. The quantitative estimate of drug-likeness (QED) is 0.586. The molecule has 0 saturated carbocycles. The van der Waals surface area contributed by atoms with Crippen LogP contribution in [0.15, 0.2) is 18.2 Å². The van der Waals surface area contributed by atoms with Crippen LogP contribution in [0.4, 0.5) is 11.4 Å². The molecule has 168 valence electrons. The van der Waals surface area contributed by atoms with Gasteiger partial charge in [-0.05, 0) is 42.0 Å². The Morgan fingerprint density at radius 3 is 2.57 bits per heavy atom. The van der Waals surface area contributed by atoms with Crippen molar-refractivity contribution in [1.82, 2.24) is 4.90 Å². The molecule has 0 unspecified atom stereocenters. The monoisotopic (exact) mass is 437 g/mol. The number of alkyl halides is 1. The molecular formula is C23H36ClN3O3. The Morgan fingerprint density at radius 1 is 1.27 bits per heavy atom. The van der Waals surface area contributed by atoms with E-state index in [0.717, 1.165) is 30.7 Å². The maximum atomic E-state index is 13.2. The van der Waals surface area contributed by atoms with Crippen LogP contribution in [0.5, 0.6) is 0 Å². The third kappa shape index (κ3) is 7.80. The molecule has 0 aromatic heterocycles. The number of nitrogens with zero attached hydrogens (tertiary/aromatic N) is 2. The van der Waals surface area contributed by atoms with Gasteiger partial charge in [0.25, 0.3) is 0 Å². The fourth-order valence-electron chi connectivity index (χ4n) is 3.60. The van der Waals surface area contributed by atoms with Gasteiger partial charge in [-0.3, -0.25) is 9.59 Å². The van der Waals surface area contributed by atoms with Gasteiger partial charge in [0.2, 0.25) is 11.8 Å². The molecule has 6 nitrogen and oxygen atoms in total. The van der Waals surface area contributed by atoms with Crippen molar-refractivity contribution in [2.24, 2.45) is 5.41 Å². The predicted molar refractivity (Wildman–Crippen MR) is 123 cm³/mol. The highest BCUT2D eigenvalue weighted by atomic mass is 35.5. The summed E-state index contributed by atoms with van der Waals surface area (Å²) in [7, 11) is 3.96. The van der Waals surface area contributed by atoms with Gasteiger partial charge in [0.15, 0.2) is 0 Å². The summed E-state index contributed by atoms with van der Waals surface area (Å²) in [5, 5.41) is 2.89. The number of halogens is 1. The summed E-state index contributed by atoms with van der Waals surface area (Å²) in [5.41, 5.74) is 2.63. The highest BCUT2D eigenvalue weighted by Crippen LogP contribution is 2.27. The second-order valence-corrected chi connectivity index (χ2v) is 9.75. The molecule has 0 radical (unpaired) electrons. The number of carbonyl (C=O) groups excluding carboxylic acids is 2. The molecule has 1 atom stereocenters. The van der Waals surface area contributed by atoms with Gasteiger partial charge in [-0.2, -0.15) is 0 Å². The van der Waals surface area contributed by atoms with Crippen molar-refractivity contribution >= 4 is 34.8 Å². The largest absolute Gasteiger partial charge is 0.377 e. The maximum absolute atomic E-state index is 13.2. The zero-order valence-electron chi connectivity index (χ0n) is 19.0. The summed E-state index contributed by atoms with van der Waals surface area (Å²) in [4.78, 5) is 29.1. The van der Waals surface area contributed by atoms with E-state index in [-0.39, 0.29) is 35.6 Å². The molecule has 1 aromatic carbocycles. The SMILES string of the molecule is CN(C)c1ccc(NC(=O)CCCl)cc1CN(C[C@H]1CCCO1)C(=O)CC(C)(C)C. The standard InChI is InChI=1S/C23H36ClN3O3/c1-23(2,3)14-22(29)27(16-19-7-6-12-30-19)15-17-13-18(25-21(28)10-11-24)8-9-20(17)26(4)5/h8-9,13,19H,6-7,10-12,14-16H2,1-5H3,(H,25,28)/t19-/m1/s1. The number of rotatable bonds is 9. The molecule has 1 fully saturated rings. The number of amides is 2. The first-order valence-corrected chi connectivity index (χ1v) is 11.2. The normalized spacial score (nSPS) is 16.4. The lowest BCUT2D eigenvalue weighted by molar-refractivity contribution is -0.135. The van der Waals surface area contributed by atoms with Gasteiger partial charge in [-0.1, -0.05) is 20.8 Å². The summed E-state index contributed by atoms with van der Waals surface area (Å²) in [5.74, 6) is 0.290. The summed E-state index contributed by atoms with van der Waals surface area (Å²) in [6.45, 7) is 8.05. The minimum atomic E-state index is -0.117. The van der Waals surface area contributed by atoms with Crippen LogP contribution in [0.25, 0.3) is 0 Å². The molecule has 1 aliphatic heterocycles. The summed E-state index contributed by atoms with van der Waals surface area (Å²) in [6.07, 6.45) is 2.85. The lowest BCUT2D eigenvalue weighted by atomic mass is 9.91. The average molecular weight is 438 g/mol. The third-order valence-electron chi connectivity index (χ3n) is 5.01. The number of anilines is 2. The van der Waals surface area contributed by atoms with Gasteiger partial charge in [-0.25, -0.2) is 0 Å². The molecule has 2 rings (SSSR count). The van der Waals surface area contributed by atoms with Crippen molar-refractivity contribution in [3.8, 4) is 0 Å². The van der Waals surface area contributed by atoms with Crippen LogP contribution in [0.2, 0.25) is 0 Å². The first-order valence-electron chi connectivity index (χ1n) is 10.6. The van der Waals surface area contributed by atoms with E-state index in [0.29, 0.717) is 25.2 Å². The Kier molecular flexibility index (Phi) is 8.98. The number of ether oxygens (including phenoxy) is 1. The van der Waals surface area contributed by atoms with Crippen LogP contribution in [0.1, 0.15) is 52.0 Å². The van der Waals surface area contributed by atoms with Crippen LogP contribution in [0.3, 0.4) is 0 Å². The second-order valence-electron chi connectivity index (χ2n) is 9.37. The molecular weight excluding hydrogens is 402 g/mol. The van der Waals surface area contributed by atoms with Crippen molar-refractivity contribution in [2.45, 2.75) is 59.1 Å². The second kappa shape index (κ2) is 11.0. The summed E-state index contributed by atoms with van der Waals surface area (Å²) in [6, 6.07) is 5.81. The lowest BCUT2D eigenvalue weighted by Crippen LogP contribution is -2.38. The summed E-state index contributed by atoms with van der Waals surface area (Å²) >= 11 is 5.67. The highest BCUT2D eigenvalue weighted by molar-refractivity contribution is 6.19. The summed E-state index contributed by atoms with van der Waals surface area (Å²) < 4.78 is 5.81. The molecule has 1 N–H and O–H groups in total. The maximum Gasteiger partial charge on any atom is 0.225 e. The Balaban J connectivity index is 2.27. The van der Waals surface area contributed by atoms with Gasteiger partial charge in [0.1, 0.15) is 0 Å². The van der Waals surface area contributed by atoms with E-state index in [9.17, 15) is 9.59 Å². The molecule has 1 saturated heterocycles. The van der Waals surface area contributed by atoms with Gasteiger partial charge in [-0.15, -0.1) is 11.6 Å². The van der Waals surface area contributed by atoms with Crippen LogP contribution in [0, 0.1) is 5.41 Å². The van der Waals surface area contributed by atoms with Gasteiger partial charge in [0.05, 0.1) is 6.10 Å². The molecule has 2 amide bonds. The molecule has 0 aliphatic carbocycles. The van der Waals surface area contributed by atoms with E-state index >= 15 is 0 Å². The Hall–Kier alpha value is -1.79. The van der Waals surface area contributed by atoms with Gasteiger partial charge < -0.3 is 19.9 Å². The van der Waals surface area contributed by atoms with Gasteiger partial charge in [0, 0.05) is 63.9 Å². The molecule has 1 aliphatic rings. The van der Waals surface area contributed by atoms with Crippen LogP contribution >= 0.6 is 11.6 Å². The van der Waals surface area contributed by atoms with Crippen LogP contribution in [-0.2, 0) is 20.9 Å². The zero-order valence-corrected chi connectivity index (χ0v) is 19.7. The fraction of sp³-hybridized carbons (Fsp3) is 0.652. The molecule has 30 heavy (non-hydrogen) atoms. The van der Waals surface area contributed by atoms with Crippen molar-refractivity contribution < 1.29 is 14.3 Å². The number of carbonyl (C=O) groups is 2. The first kappa shape index (κ1) is 24.5. The van der Waals surface area contributed by atoms with E-state index in [2.05, 4.69) is 26.1 Å². The zero-order chi connectivity index (χ0) is 22.3. The highest BCUT2D eigenvalue weighted by Gasteiger charge is 2.26. The number of nitrogens with one attached hydrogen (secondary N) is 1. The average Bonchev–Trinajstić information content (AvgIpc) is 3.13. The van der Waals surface area contributed by atoms with E-state index in [1.807, 2.05) is 42.1 Å². The molecule has 7 heteroatoms. The Labute approximate surface area is 185 Å². The Morgan fingerprint density at radius 2 is 2.00 bits per heavy atom. The first-order chi connectivity index (χ1) is 14.1. The van der Waals surface area contributed by atoms with Crippen LogP contribution < -0.4 is 10.2 Å². The third-order valence-corrected chi connectivity index (χ3v) is 5.20. The molecule has 0 spiro atoms.